The number of aromatic nitrogens is 3. The van der Waals surface area contributed by atoms with Crippen LogP contribution in [0.1, 0.15) is 17.0 Å². The molecule has 5 heteroatoms. The highest BCUT2D eigenvalue weighted by Crippen LogP contribution is 2.50. The third kappa shape index (κ3) is 3.49. The van der Waals surface area contributed by atoms with Crippen molar-refractivity contribution in [3.8, 4) is 5.69 Å². The maximum absolute atomic E-state index is 6.38. The standard InChI is InChI=1S/C40H26N4O/c1-2-10-27(11-3-1)43-33-15-7-4-12-28(33)31-22-25(18-20-35(31)43)26-19-21-36-32(23-26)29-13-5-8-16-34(29)44(36)40-39-38(41-24-42-40)30-14-6-9-17-37(30)45-39/h1-24,32,36H. The number of nitrogens with zero attached hydrogens (tertiary/aromatic N) is 4. The summed E-state index contributed by atoms with van der Waals surface area (Å²) in [5.74, 6) is 0.963. The predicted octanol–water partition coefficient (Wildman–Crippen LogP) is 9.73. The van der Waals surface area contributed by atoms with Crippen LogP contribution < -0.4 is 4.90 Å². The van der Waals surface area contributed by atoms with E-state index in [9.17, 15) is 0 Å². The molecule has 0 bridgehead atoms. The first-order valence-electron chi connectivity index (χ1n) is 15.3. The third-order valence-corrected chi connectivity index (χ3v) is 9.44. The van der Waals surface area contributed by atoms with E-state index >= 15 is 0 Å². The Bertz CT molecular complexity index is 2520. The summed E-state index contributed by atoms with van der Waals surface area (Å²) >= 11 is 0. The second-order valence-electron chi connectivity index (χ2n) is 11.8. The fourth-order valence-electron chi connectivity index (χ4n) is 7.48. The number of fused-ring (bicyclic) bond motifs is 9. The lowest BCUT2D eigenvalue weighted by molar-refractivity contribution is 0.659. The van der Waals surface area contributed by atoms with E-state index in [4.69, 9.17) is 9.40 Å². The van der Waals surface area contributed by atoms with Crippen LogP contribution in [-0.2, 0) is 0 Å². The van der Waals surface area contributed by atoms with Gasteiger partial charge in [-0.3, -0.25) is 0 Å². The topological polar surface area (TPSA) is 47.1 Å². The fourth-order valence-corrected chi connectivity index (χ4v) is 7.48. The highest BCUT2D eigenvalue weighted by Gasteiger charge is 2.40. The summed E-state index contributed by atoms with van der Waals surface area (Å²) in [4.78, 5) is 11.7. The highest BCUT2D eigenvalue weighted by atomic mass is 16.3. The second-order valence-corrected chi connectivity index (χ2v) is 11.8. The Morgan fingerprint density at radius 1 is 0.667 bits per heavy atom. The van der Waals surface area contributed by atoms with Crippen molar-refractivity contribution in [2.75, 3.05) is 4.90 Å². The van der Waals surface area contributed by atoms with E-state index < -0.39 is 0 Å². The van der Waals surface area contributed by atoms with Crippen molar-refractivity contribution >= 4 is 61.0 Å². The molecule has 1 aliphatic carbocycles. The predicted molar refractivity (Wildman–Crippen MR) is 182 cm³/mol. The molecule has 0 N–H and O–H groups in total. The van der Waals surface area contributed by atoms with E-state index in [1.807, 2.05) is 18.2 Å². The summed E-state index contributed by atoms with van der Waals surface area (Å²) in [6, 6.07) is 43.0. The quantitative estimate of drug-likeness (QED) is 0.209. The van der Waals surface area contributed by atoms with Crippen LogP contribution in [-0.4, -0.2) is 20.6 Å². The maximum Gasteiger partial charge on any atom is 0.196 e. The van der Waals surface area contributed by atoms with Crippen LogP contribution in [0.25, 0.3) is 55.1 Å². The van der Waals surface area contributed by atoms with Gasteiger partial charge in [0.25, 0.3) is 0 Å². The van der Waals surface area contributed by atoms with Crippen LogP contribution in [0.2, 0.25) is 0 Å². The molecule has 0 saturated carbocycles. The molecular weight excluding hydrogens is 552 g/mol. The Hall–Kier alpha value is -5.94. The minimum atomic E-state index is 0.0705. The van der Waals surface area contributed by atoms with Gasteiger partial charge in [-0.1, -0.05) is 91.0 Å². The minimum Gasteiger partial charge on any atom is -0.450 e. The molecule has 212 valence electrons. The van der Waals surface area contributed by atoms with E-state index in [-0.39, 0.29) is 12.0 Å². The van der Waals surface area contributed by atoms with Crippen molar-refractivity contribution < 1.29 is 4.42 Å². The molecule has 0 radical (unpaired) electrons. The molecule has 0 fully saturated rings. The van der Waals surface area contributed by atoms with Crippen LogP contribution in [0.5, 0.6) is 0 Å². The first-order valence-corrected chi connectivity index (χ1v) is 15.3. The van der Waals surface area contributed by atoms with Crippen molar-refractivity contribution in [2.24, 2.45) is 0 Å². The van der Waals surface area contributed by atoms with Crippen LogP contribution >= 0.6 is 0 Å². The third-order valence-electron chi connectivity index (χ3n) is 9.44. The van der Waals surface area contributed by atoms with Crippen molar-refractivity contribution in [2.45, 2.75) is 12.0 Å². The van der Waals surface area contributed by atoms with E-state index in [1.165, 1.54) is 44.2 Å². The zero-order valence-electron chi connectivity index (χ0n) is 24.2. The van der Waals surface area contributed by atoms with Crippen molar-refractivity contribution in [3.63, 3.8) is 0 Å². The number of rotatable bonds is 3. The molecule has 3 aromatic heterocycles. The summed E-state index contributed by atoms with van der Waals surface area (Å²) in [6.45, 7) is 0. The lowest BCUT2D eigenvalue weighted by atomic mass is 9.86. The molecule has 45 heavy (non-hydrogen) atoms. The number of benzene rings is 5. The van der Waals surface area contributed by atoms with Gasteiger partial charge in [-0.2, -0.15) is 0 Å². The monoisotopic (exact) mass is 578 g/mol. The zero-order valence-corrected chi connectivity index (χ0v) is 24.2. The van der Waals surface area contributed by atoms with Gasteiger partial charge in [0.05, 0.1) is 17.1 Å². The van der Waals surface area contributed by atoms with E-state index in [1.54, 1.807) is 6.33 Å². The number of anilines is 2. The smallest absolute Gasteiger partial charge is 0.196 e. The molecule has 10 rings (SSSR count). The first-order chi connectivity index (χ1) is 22.3. The Kier molecular flexibility index (Phi) is 5.05. The van der Waals surface area contributed by atoms with E-state index in [2.05, 4.69) is 136 Å². The molecule has 2 unspecified atom stereocenters. The number of allylic oxidation sites excluding steroid dienone is 2. The molecular formula is C40H26N4O. The highest BCUT2D eigenvalue weighted by molar-refractivity contribution is 6.10. The van der Waals surface area contributed by atoms with Crippen molar-refractivity contribution in [1.29, 1.82) is 0 Å². The first kappa shape index (κ1) is 24.5. The van der Waals surface area contributed by atoms with Gasteiger partial charge in [-0.05, 0) is 65.2 Å². The molecule has 4 heterocycles. The van der Waals surface area contributed by atoms with Crippen LogP contribution in [0, 0.1) is 0 Å². The van der Waals surface area contributed by atoms with Crippen LogP contribution in [0.3, 0.4) is 0 Å². The summed E-state index contributed by atoms with van der Waals surface area (Å²) in [5.41, 5.74) is 10.9. The largest absolute Gasteiger partial charge is 0.450 e. The van der Waals surface area contributed by atoms with Gasteiger partial charge in [-0.25, -0.2) is 9.97 Å². The second kappa shape index (κ2) is 9.28. The molecule has 0 amide bonds. The zero-order chi connectivity index (χ0) is 29.5. The van der Waals surface area contributed by atoms with Crippen LogP contribution in [0.4, 0.5) is 11.5 Å². The van der Waals surface area contributed by atoms with Crippen LogP contribution in [0.15, 0.2) is 150 Å². The lowest BCUT2D eigenvalue weighted by Crippen LogP contribution is -2.29. The van der Waals surface area contributed by atoms with E-state index in [0.717, 1.165) is 33.6 Å². The Morgan fingerprint density at radius 3 is 2.38 bits per heavy atom. The average molecular weight is 579 g/mol. The number of para-hydroxylation sites is 4. The average Bonchev–Trinajstić information content (AvgIpc) is 3.76. The molecule has 5 aromatic carbocycles. The SMILES string of the molecule is C1=CC2C(C=C1c1ccc3c(c1)c1ccccc1n3-c1ccccc1)c1ccccc1N2c1ncnc2c1oc1ccccc12. The molecule has 1 aliphatic heterocycles. The molecule has 0 spiro atoms. The van der Waals surface area contributed by atoms with Gasteiger partial charge >= 0.3 is 0 Å². The minimum absolute atomic E-state index is 0.0705. The van der Waals surface area contributed by atoms with Crippen molar-refractivity contribution in [1.82, 2.24) is 14.5 Å². The van der Waals surface area contributed by atoms with Crippen molar-refractivity contribution in [3.05, 3.63) is 157 Å². The maximum atomic E-state index is 6.38. The Labute approximate surface area is 259 Å². The van der Waals surface area contributed by atoms with Gasteiger partial charge in [0.2, 0.25) is 0 Å². The molecule has 2 atom stereocenters. The fraction of sp³-hybridized carbons (Fsp3) is 0.0500. The molecule has 8 aromatic rings. The van der Waals surface area contributed by atoms with E-state index in [0.29, 0.717) is 0 Å². The summed E-state index contributed by atoms with van der Waals surface area (Å²) in [7, 11) is 0. The molecule has 5 nitrogen and oxygen atoms in total. The van der Waals surface area contributed by atoms with Gasteiger partial charge in [0.15, 0.2) is 11.4 Å². The number of hydrogen-bond acceptors (Lipinski definition) is 4. The van der Waals surface area contributed by atoms with Gasteiger partial charge < -0.3 is 13.9 Å². The Morgan fingerprint density at radius 2 is 1.44 bits per heavy atom. The lowest BCUT2D eigenvalue weighted by Gasteiger charge is -2.28. The normalized spacial score (nSPS) is 17.3. The van der Waals surface area contributed by atoms with Gasteiger partial charge in [0.1, 0.15) is 17.4 Å². The number of hydrogen-bond donors (Lipinski definition) is 0. The van der Waals surface area contributed by atoms with Gasteiger partial charge in [-0.15, -0.1) is 0 Å². The summed E-state index contributed by atoms with van der Waals surface area (Å²) in [6.07, 6.45) is 8.69. The summed E-state index contributed by atoms with van der Waals surface area (Å²) in [5, 5.41) is 3.52. The number of furan rings is 1. The Balaban J connectivity index is 1.11. The molecule has 0 saturated heterocycles. The van der Waals surface area contributed by atoms with Gasteiger partial charge in [0, 0.05) is 33.5 Å². The summed E-state index contributed by atoms with van der Waals surface area (Å²) < 4.78 is 8.75. The molecule has 2 aliphatic rings.